The highest BCUT2D eigenvalue weighted by Crippen LogP contribution is 2.11. The number of rotatable bonds is 4. The molecule has 2 rings (SSSR count). The molecule has 0 spiro atoms. The van der Waals surface area contributed by atoms with Crippen LogP contribution in [0.3, 0.4) is 0 Å². The average molecular weight is 331 g/mol. The van der Waals surface area contributed by atoms with Gasteiger partial charge in [-0.3, -0.25) is 4.79 Å². The number of carbonyl (C=O) groups excluding carboxylic acids is 1. The van der Waals surface area contributed by atoms with Gasteiger partial charge >= 0.3 is 0 Å². The molecule has 0 aliphatic carbocycles. The standard InChI is InChI=1S/C17H18FN3OS/c1-21(2)16(22)12-7-9-14(10-8-12)20-17(23)19-11-13-5-3-4-6-15(13)18/h3-10H,11H2,1-2H3,(H2,19,20,23). The molecule has 0 atom stereocenters. The van der Waals surface area contributed by atoms with Crippen LogP contribution < -0.4 is 10.6 Å². The van der Waals surface area contributed by atoms with Gasteiger partial charge < -0.3 is 15.5 Å². The zero-order valence-electron chi connectivity index (χ0n) is 13.0. The first-order valence-corrected chi connectivity index (χ1v) is 7.48. The lowest BCUT2D eigenvalue weighted by Gasteiger charge is -2.13. The second-order valence-corrected chi connectivity index (χ2v) is 5.58. The van der Waals surface area contributed by atoms with Crippen LogP contribution >= 0.6 is 12.2 Å². The number of halogens is 1. The van der Waals surface area contributed by atoms with Gasteiger partial charge in [0.2, 0.25) is 0 Å². The summed E-state index contributed by atoms with van der Waals surface area (Å²) in [5, 5.41) is 6.34. The zero-order chi connectivity index (χ0) is 16.8. The van der Waals surface area contributed by atoms with E-state index in [1.165, 1.54) is 11.0 Å². The smallest absolute Gasteiger partial charge is 0.253 e. The molecular formula is C17H18FN3OS. The SMILES string of the molecule is CN(C)C(=O)c1ccc(NC(=S)NCc2ccccc2F)cc1. The fraction of sp³-hybridized carbons (Fsp3) is 0.176. The highest BCUT2D eigenvalue weighted by molar-refractivity contribution is 7.80. The normalized spacial score (nSPS) is 10.0. The van der Waals surface area contributed by atoms with E-state index in [1.54, 1.807) is 56.6 Å². The van der Waals surface area contributed by atoms with E-state index in [4.69, 9.17) is 12.2 Å². The fourth-order valence-corrected chi connectivity index (χ4v) is 2.14. The molecule has 0 saturated heterocycles. The minimum Gasteiger partial charge on any atom is -0.358 e. The van der Waals surface area contributed by atoms with Crippen LogP contribution in [0.1, 0.15) is 15.9 Å². The number of hydrogen-bond donors (Lipinski definition) is 2. The molecular weight excluding hydrogens is 313 g/mol. The van der Waals surface area contributed by atoms with Crippen molar-refractivity contribution in [1.82, 2.24) is 10.2 Å². The summed E-state index contributed by atoms with van der Waals surface area (Å²) in [4.78, 5) is 13.3. The van der Waals surface area contributed by atoms with Crippen molar-refractivity contribution in [3.63, 3.8) is 0 Å². The summed E-state index contributed by atoms with van der Waals surface area (Å²) in [6, 6.07) is 13.5. The lowest BCUT2D eigenvalue weighted by atomic mass is 10.2. The molecule has 0 saturated carbocycles. The Balaban J connectivity index is 1.90. The van der Waals surface area contributed by atoms with E-state index < -0.39 is 0 Å². The molecule has 6 heteroatoms. The van der Waals surface area contributed by atoms with Gasteiger partial charge in [0.1, 0.15) is 5.82 Å². The van der Waals surface area contributed by atoms with Crippen molar-refractivity contribution in [2.45, 2.75) is 6.54 Å². The Hall–Kier alpha value is -2.47. The van der Waals surface area contributed by atoms with E-state index in [1.807, 2.05) is 0 Å². The second kappa shape index (κ2) is 7.69. The summed E-state index contributed by atoms with van der Waals surface area (Å²) in [5.74, 6) is -0.328. The maximum Gasteiger partial charge on any atom is 0.253 e. The van der Waals surface area contributed by atoms with Crippen LogP contribution in [-0.4, -0.2) is 30.0 Å². The Morgan fingerprint density at radius 2 is 1.78 bits per heavy atom. The van der Waals surface area contributed by atoms with Crippen LogP contribution in [0.5, 0.6) is 0 Å². The Morgan fingerprint density at radius 1 is 1.13 bits per heavy atom. The first-order valence-electron chi connectivity index (χ1n) is 7.07. The van der Waals surface area contributed by atoms with E-state index in [-0.39, 0.29) is 11.7 Å². The molecule has 0 bridgehead atoms. The third-order valence-corrected chi connectivity index (χ3v) is 3.44. The number of nitrogens with zero attached hydrogens (tertiary/aromatic N) is 1. The first kappa shape index (κ1) is 16.9. The predicted octanol–water partition coefficient (Wildman–Crippen LogP) is 3.01. The molecule has 2 N–H and O–H groups in total. The van der Waals surface area contributed by atoms with Crippen molar-refractivity contribution < 1.29 is 9.18 Å². The van der Waals surface area contributed by atoms with Crippen molar-refractivity contribution in [3.8, 4) is 0 Å². The molecule has 120 valence electrons. The summed E-state index contributed by atoms with van der Waals surface area (Å²) in [6.07, 6.45) is 0. The van der Waals surface area contributed by atoms with E-state index in [9.17, 15) is 9.18 Å². The van der Waals surface area contributed by atoms with Crippen molar-refractivity contribution in [2.24, 2.45) is 0 Å². The molecule has 0 aliphatic rings. The first-order chi connectivity index (χ1) is 11.0. The van der Waals surface area contributed by atoms with Crippen molar-refractivity contribution >= 4 is 28.9 Å². The van der Waals surface area contributed by atoms with Crippen LogP contribution in [0.25, 0.3) is 0 Å². The van der Waals surface area contributed by atoms with Gasteiger partial charge in [-0.25, -0.2) is 4.39 Å². The van der Waals surface area contributed by atoms with Gasteiger partial charge in [0, 0.05) is 37.5 Å². The number of hydrogen-bond acceptors (Lipinski definition) is 2. The van der Waals surface area contributed by atoms with Crippen molar-refractivity contribution in [1.29, 1.82) is 0 Å². The lowest BCUT2D eigenvalue weighted by Crippen LogP contribution is -2.28. The zero-order valence-corrected chi connectivity index (χ0v) is 13.8. The largest absolute Gasteiger partial charge is 0.358 e. The molecule has 1 amide bonds. The van der Waals surface area contributed by atoms with Crippen molar-refractivity contribution in [3.05, 3.63) is 65.5 Å². The van der Waals surface area contributed by atoms with Crippen LogP contribution in [0, 0.1) is 5.82 Å². The van der Waals surface area contributed by atoms with Gasteiger partial charge in [-0.2, -0.15) is 0 Å². The molecule has 23 heavy (non-hydrogen) atoms. The van der Waals surface area contributed by atoms with Crippen molar-refractivity contribution in [2.75, 3.05) is 19.4 Å². The molecule has 2 aromatic rings. The summed E-state index contributed by atoms with van der Waals surface area (Å²) >= 11 is 5.18. The van der Waals surface area contributed by atoms with Gasteiger partial charge in [-0.1, -0.05) is 18.2 Å². The van der Waals surface area contributed by atoms with Gasteiger partial charge in [0.05, 0.1) is 0 Å². The number of thiocarbonyl (C=S) groups is 1. The fourth-order valence-electron chi connectivity index (χ4n) is 1.95. The topological polar surface area (TPSA) is 44.4 Å². The average Bonchev–Trinajstić information content (AvgIpc) is 2.54. The number of amides is 1. The Kier molecular flexibility index (Phi) is 5.65. The summed E-state index contributed by atoms with van der Waals surface area (Å²) in [5.41, 5.74) is 1.90. The lowest BCUT2D eigenvalue weighted by molar-refractivity contribution is 0.0827. The van der Waals surface area contributed by atoms with Gasteiger partial charge in [-0.15, -0.1) is 0 Å². The molecule has 0 aliphatic heterocycles. The van der Waals surface area contributed by atoms with E-state index in [0.29, 0.717) is 22.8 Å². The van der Waals surface area contributed by atoms with E-state index >= 15 is 0 Å². The molecule has 0 unspecified atom stereocenters. The molecule has 0 fully saturated rings. The van der Waals surface area contributed by atoms with E-state index in [2.05, 4.69) is 10.6 Å². The monoisotopic (exact) mass is 331 g/mol. The maximum absolute atomic E-state index is 13.5. The second-order valence-electron chi connectivity index (χ2n) is 5.18. The van der Waals surface area contributed by atoms with Crippen LogP contribution in [0.4, 0.5) is 10.1 Å². The predicted molar refractivity (Wildman–Crippen MR) is 93.9 cm³/mol. The third kappa shape index (κ3) is 4.75. The number of anilines is 1. The molecule has 4 nitrogen and oxygen atoms in total. The molecule has 0 aromatic heterocycles. The van der Waals surface area contributed by atoms with Gasteiger partial charge in [0.15, 0.2) is 5.11 Å². The number of benzene rings is 2. The summed E-state index contributed by atoms with van der Waals surface area (Å²) in [7, 11) is 3.41. The van der Waals surface area contributed by atoms with Gasteiger partial charge in [-0.05, 0) is 42.5 Å². The Bertz CT molecular complexity index is 701. The molecule has 0 radical (unpaired) electrons. The van der Waals surface area contributed by atoms with Crippen LogP contribution in [-0.2, 0) is 6.54 Å². The highest BCUT2D eigenvalue weighted by atomic mass is 32.1. The third-order valence-electron chi connectivity index (χ3n) is 3.19. The highest BCUT2D eigenvalue weighted by Gasteiger charge is 2.07. The molecule has 2 aromatic carbocycles. The quantitative estimate of drug-likeness (QED) is 0.846. The van der Waals surface area contributed by atoms with E-state index in [0.717, 1.165) is 5.69 Å². The van der Waals surface area contributed by atoms with Crippen LogP contribution in [0.15, 0.2) is 48.5 Å². The summed E-state index contributed by atoms with van der Waals surface area (Å²) in [6.45, 7) is 0.301. The minimum atomic E-state index is -0.269. The van der Waals surface area contributed by atoms with Gasteiger partial charge in [0.25, 0.3) is 5.91 Å². The number of carbonyl (C=O) groups is 1. The van der Waals surface area contributed by atoms with Crippen LogP contribution in [0.2, 0.25) is 0 Å². The Labute approximate surface area is 140 Å². The maximum atomic E-state index is 13.5. The number of nitrogens with one attached hydrogen (secondary N) is 2. The summed E-state index contributed by atoms with van der Waals surface area (Å²) < 4.78 is 13.5. The molecule has 0 heterocycles. The minimum absolute atomic E-state index is 0.0585. The Morgan fingerprint density at radius 3 is 2.39 bits per heavy atom.